The molecular weight excluding hydrogens is 247 g/mol. The van der Waals surface area contributed by atoms with Gasteiger partial charge in [-0.3, -0.25) is 0 Å². The van der Waals surface area contributed by atoms with Crippen molar-refractivity contribution in [2.24, 2.45) is 5.92 Å². The zero-order valence-electron chi connectivity index (χ0n) is 11.3. The molecule has 4 nitrogen and oxygen atoms in total. The molecule has 2 atom stereocenters. The van der Waals surface area contributed by atoms with E-state index in [9.17, 15) is 9.90 Å². The van der Waals surface area contributed by atoms with Crippen molar-refractivity contribution in [3.05, 3.63) is 16.1 Å². The summed E-state index contributed by atoms with van der Waals surface area (Å²) in [5.41, 5.74) is 0.933. The lowest BCUT2D eigenvalue weighted by Gasteiger charge is -2.31. The highest BCUT2D eigenvalue weighted by Gasteiger charge is 2.24. The van der Waals surface area contributed by atoms with Gasteiger partial charge in [-0.2, -0.15) is 0 Å². The minimum atomic E-state index is -0.571. The van der Waals surface area contributed by atoms with Gasteiger partial charge in [0.25, 0.3) is 7.41 Å². The Morgan fingerprint density at radius 2 is 2.28 bits per heavy atom. The van der Waals surface area contributed by atoms with Gasteiger partial charge in [0.05, 0.1) is 6.19 Å². The van der Waals surface area contributed by atoms with E-state index in [1.165, 1.54) is 18.8 Å². The summed E-state index contributed by atoms with van der Waals surface area (Å²) in [5, 5.41) is 12.9. The van der Waals surface area contributed by atoms with Crippen molar-refractivity contribution >= 4 is 24.9 Å². The molecule has 0 spiro atoms. The van der Waals surface area contributed by atoms with Gasteiger partial charge in [-0.15, -0.1) is 11.3 Å². The summed E-state index contributed by atoms with van der Waals surface area (Å²) in [4.78, 5) is 16.7. The fraction of sp³-hybridized carbons (Fsp3) is 0.667. The van der Waals surface area contributed by atoms with Crippen molar-refractivity contribution < 1.29 is 9.90 Å². The lowest BCUT2D eigenvalue weighted by atomic mass is 9.86. The van der Waals surface area contributed by atoms with E-state index in [0.717, 1.165) is 16.9 Å². The molecular formula is C12H20BN2O2S. The molecule has 1 aromatic heterocycles. The second kappa shape index (κ2) is 7.02. The first kappa shape index (κ1) is 15.3. The van der Waals surface area contributed by atoms with Crippen LogP contribution in [0.3, 0.4) is 0 Å². The average Bonchev–Trinajstić information content (AvgIpc) is 2.72. The van der Waals surface area contributed by atoms with E-state index in [4.69, 9.17) is 0 Å². The van der Waals surface area contributed by atoms with E-state index >= 15 is 0 Å². The molecule has 1 rings (SSSR count). The van der Waals surface area contributed by atoms with E-state index in [1.54, 1.807) is 0 Å². The van der Waals surface area contributed by atoms with Gasteiger partial charge in [-0.05, 0) is 26.3 Å². The summed E-state index contributed by atoms with van der Waals surface area (Å²) in [6.45, 7) is 6.08. The van der Waals surface area contributed by atoms with Crippen LogP contribution in [0.4, 0.5) is 0 Å². The maximum atomic E-state index is 10.5. The van der Waals surface area contributed by atoms with Crippen molar-refractivity contribution in [2.45, 2.75) is 39.3 Å². The Morgan fingerprint density at radius 1 is 1.61 bits per heavy atom. The molecule has 0 amide bonds. The lowest BCUT2D eigenvalue weighted by Crippen LogP contribution is -2.40. The van der Waals surface area contributed by atoms with E-state index in [-0.39, 0.29) is 6.04 Å². The molecule has 0 unspecified atom stereocenters. The summed E-state index contributed by atoms with van der Waals surface area (Å²) < 4.78 is 0. The number of aliphatic hydroxyl groups is 1. The van der Waals surface area contributed by atoms with Crippen LogP contribution in [0.5, 0.6) is 0 Å². The highest BCUT2D eigenvalue weighted by atomic mass is 32.1. The van der Waals surface area contributed by atoms with Gasteiger partial charge in [0.15, 0.2) is 0 Å². The molecule has 0 fully saturated rings. The van der Waals surface area contributed by atoms with Gasteiger partial charge < -0.3 is 14.7 Å². The predicted octanol–water partition coefficient (Wildman–Crippen LogP) is 1.64. The number of aryl methyl sites for hydroxylation is 1. The third-order valence-electron chi connectivity index (χ3n) is 2.98. The Labute approximate surface area is 113 Å². The molecule has 1 N–H and O–H groups in total. The number of thiazole rings is 1. The van der Waals surface area contributed by atoms with E-state index in [1.807, 2.05) is 24.2 Å². The maximum Gasteiger partial charge on any atom is 0.293 e. The molecule has 99 valence electrons. The van der Waals surface area contributed by atoms with Crippen molar-refractivity contribution in [1.82, 2.24) is 9.79 Å². The fourth-order valence-electron chi connectivity index (χ4n) is 1.97. The summed E-state index contributed by atoms with van der Waals surface area (Å²) in [7, 11) is 3.36. The maximum absolute atomic E-state index is 10.5. The largest absolute Gasteiger partial charge is 0.386 e. The van der Waals surface area contributed by atoms with Crippen LogP contribution in [-0.2, 0) is 4.79 Å². The number of aromatic nitrogens is 1. The van der Waals surface area contributed by atoms with Crippen molar-refractivity contribution in [3.63, 3.8) is 0 Å². The van der Waals surface area contributed by atoms with E-state index in [2.05, 4.69) is 18.8 Å². The number of nitrogens with zero attached hydrogens (tertiary/aromatic N) is 2. The first-order chi connectivity index (χ1) is 8.45. The van der Waals surface area contributed by atoms with Gasteiger partial charge >= 0.3 is 0 Å². The van der Waals surface area contributed by atoms with Crippen LogP contribution in [0.2, 0.25) is 0 Å². The lowest BCUT2D eigenvalue weighted by molar-refractivity contribution is 0.122. The third kappa shape index (κ3) is 4.19. The number of hydrogen-bond acceptors (Lipinski definition) is 5. The number of rotatable bonds is 7. The molecule has 0 saturated carbocycles. The van der Waals surface area contributed by atoms with Crippen LogP contribution < -0.4 is 0 Å². The summed E-state index contributed by atoms with van der Waals surface area (Å²) in [5.74, 6) is 0.349. The minimum absolute atomic E-state index is 0.120. The Balaban J connectivity index is 2.68. The smallest absolute Gasteiger partial charge is 0.293 e. The number of carbonyl (C=O) groups is 1. The van der Waals surface area contributed by atoms with Gasteiger partial charge in [0.2, 0.25) is 0 Å². The molecule has 18 heavy (non-hydrogen) atoms. The van der Waals surface area contributed by atoms with Crippen LogP contribution >= 0.6 is 11.3 Å². The van der Waals surface area contributed by atoms with Gasteiger partial charge in [-0.1, -0.05) is 13.8 Å². The molecule has 1 aromatic rings. The Bertz CT molecular complexity index is 384. The molecule has 0 aliphatic heterocycles. The first-order valence-electron chi connectivity index (χ1n) is 6.06. The van der Waals surface area contributed by atoms with Crippen molar-refractivity contribution in [3.8, 4) is 0 Å². The van der Waals surface area contributed by atoms with Crippen LogP contribution in [0.25, 0.3) is 0 Å². The van der Waals surface area contributed by atoms with Crippen molar-refractivity contribution in [1.29, 1.82) is 0 Å². The molecule has 6 heteroatoms. The molecule has 0 saturated heterocycles. The standard InChI is InChI=1S/C12H20BN2O2S/c1-8(2)10(15(4)13-7-16)5-11(17)12-14-9(3)6-18-12/h6-8,10-11,17H,5H2,1-4H3/t10-,11-/m1/s1. The molecule has 1 radical (unpaired) electrons. The second-order valence-electron chi connectivity index (χ2n) is 4.84. The summed E-state index contributed by atoms with van der Waals surface area (Å²) >= 11 is 1.48. The Hall–Kier alpha value is -0.715. The summed E-state index contributed by atoms with van der Waals surface area (Å²) in [6.07, 6.45) is 0.777. The van der Waals surface area contributed by atoms with Crippen molar-refractivity contribution in [2.75, 3.05) is 7.05 Å². The highest BCUT2D eigenvalue weighted by molar-refractivity contribution is 7.09. The third-order valence-corrected chi connectivity index (χ3v) is 4.04. The number of aliphatic hydroxyl groups excluding tert-OH is 1. The van der Waals surface area contributed by atoms with Crippen LogP contribution in [0.1, 0.15) is 37.1 Å². The zero-order valence-corrected chi connectivity index (χ0v) is 12.1. The average molecular weight is 267 g/mol. The summed E-state index contributed by atoms with van der Waals surface area (Å²) in [6, 6.07) is 0.120. The topological polar surface area (TPSA) is 53.4 Å². The number of hydrogen-bond donors (Lipinski definition) is 1. The van der Waals surface area contributed by atoms with E-state index in [0.29, 0.717) is 12.3 Å². The fourth-order valence-corrected chi connectivity index (χ4v) is 2.76. The Morgan fingerprint density at radius 3 is 2.72 bits per heavy atom. The SMILES string of the molecule is Cc1csc([C@H](O)C[C@H](C(C)C)N(C)[B]C=O)n1. The molecule has 0 aliphatic carbocycles. The highest BCUT2D eigenvalue weighted by Crippen LogP contribution is 2.26. The van der Waals surface area contributed by atoms with Gasteiger partial charge in [0, 0.05) is 17.1 Å². The predicted molar refractivity (Wildman–Crippen MR) is 75.3 cm³/mol. The number of carbonyl (C=O) groups excluding carboxylic acids is 1. The molecule has 1 heterocycles. The first-order valence-corrected chi connectivity index (χ1v) is 6.94. The van der Waals surface area contributed by atoms with Gasteiger partial charge in [0.1, 0.15) is 11.1 Å². The molecule has 0 bridgehead atoms. The normalized spacial score (nSPS) is 14.8. The monoisotopic (exact) mass is 267 g/mol. The Kier molecular flexibility index (Phi) is 5.98. The van der Waals surface area contributed by atoms with Crippen LogP contribution in [-0.4, -0.2) is 41.6 Å². The quantitative estimate of drug-likeness (QED) is 0.602. The minimum Gasteiger partial charge on any atom is -0.386 e. The van der Waals surface area contributed by atoms with Gasteiger partial charge in [-0.25, -0.2) is 4.98 Å². The van der Waals surface area contributed by atoms with E-state index < -0.39 is 6.10 Å². The second-order valence-corrected chi connectivity index (χ2v) is 5.73. The molecule has 0 aliphatic rings. The zero-order chi connectivity index (χ0) is 13.7. The molecule has 0 aromatic carbocycles. The van der Waals surface area contributed by atoms with Crippen LogP contribution in [0.15, 0.2) is 5.38 Å². The van der Waals surface area contributed by atoms with Crippen LogP contribution in [0, 0.1) is 12.8 Å².